The average molecular weight is 286 g/mol. The van der Waals surface area contributed by atoms with E-state index in [1.165, 1.54) is 12.0 Å². The van der Waals surface area contributed by atoms with Crippen molar-refractivity contribution in [2.75, 3.05) is 33.3 Å². The van der Waals surface area contributed by atoms with Crippen molar-refractivity contribution in [3.8, 4) is 0 Å². The second-order valence-corrected chi connectivity index (χ2v) is 4.88. The number of carbonyl (C=O) groups is 3. The minimum atomic E-state index is -1.02. The Morgan fingerprint density at radius 2 is 1.90 bits per heavy atom. The number of urea groups is 1. The Kier molecular flexibility index (Phi) is 6.27. The minimum absolute atomic E-state index is 0.164. The predicted octanol–water partition coefficient (Wildman–Crippen LogP) is 0.788. The van der Waals surface area contributed by atoms with E-state index < -0.39 is 5.97 Å². The molecule has 0 aromatic carbocycles. The maximum Gasteiger partial charge on any atom is 0.323 e. The average Bonchev–Trinajstić information content (AvgIpc) is 2.45. The first-order valence-corrected chi connectivity index (χ1v) is 6.83. The van der Waals surface area contributed by atoms with Crippen LogP contribution >= 0.6 is 0 Å². The van der Waals surface area contributed by atoms with Crippen molar-refractivity contribution in [3.05, 3.63) is 0 Å². The van der Waals surface area contributed by atoms with Crippen LogP contribution < -0.4 is 0 Å². The van der Waals surface area contributed by atoms with Gasteiger partial charge in [-0.2, -0.15) is 0 Å². The molecular formula is C13H22N2O5. The number of likely N-dealkylation sites (tertiary alicyclic amines) is 1. The van der Waals surface area contributed by atoms with Crippen LogP contribution in [0.5, 0.6) is 0 Å². The summed E-state index contributed by atoms with van der Waals surface area (Å²) < 4.78 is 4.69. The zero-order valence-corrected chi connectivity index (χ0v) is 12.0. The van der Waals surface area contributed by atoms with Gasteiger partial charge in [0.15, 0.2) is 0 Å². The van der Waals surface area contributed by atoms with E-state index in [9.17, 15) is 14.4 Å². The molecule has 20 heavy (non-hydrogen) atoms. The third-order valence-electron chi connectivity index (χ3n) is 3.39. The van der Waals surface area contributed by atoms with Crippen molar-refractivity contribution in [1.82, 2.24) is 9.80 Å². The standard InChI is InChI=1S/C13H22N2O5/c1-3-6-15(9-11(16)17)13(19)14-7-4-10(5-8-14)12(18)20-2/h10H,3-9H2,1-2H3,(H,16,17). The third kappa shape index (κ3) is 4.40. The number of hydrogen-bond donors (Lipinski definition) is 1. The summed E-state index contributed by atoms with van der Waals surface area (Å²) in [4.78, 5) is 37.4. The van der Waals surface area contributed by atoms with E-state index in [4.69, 9.17) is 9.84 Å². The highest BCUT2D eigenvalue weighted by molar-refractivity contribution is 5.80. The molecule has 114 valence electrons. The molecule has 0 atom stereocenters. The molecule has 2 amide bonds. The van der Waals surface area contributed by atoms with Crippen molar-refractivity contribution in [3.63, 3.8) is 0 Å². The lowest BCUT2D eigenvalue weighted by molar-refractivity contribution is -0.146. The van der Waals surface area contributed by atoms with Gasteiger partial charge in [-0.05, 0) is 19.3 Å². The molecule has 7 heteroatoms. The number of carbonyl (C=O) groups excluding carboxylic acids is 2. The summed E-state index contributed by atoms with van der Waals surface area (Å²) in [6, 6.07) is -0.266. The molecule has 0 radical (unpaired) electrons. The van der Waals surface area contributed by atoms with Crippen LogP contribution in [0.1, 0.15) is 26.2 Å². The summed E-state index contributed by atoms with van der Waals surface area (Å²) in [5.41, 5.74) is 0. The largest absolute Gasteiger partial charge is 0.480 e. The molecule has 1 N–H and O–H groups in total. The van der Waals surface area contributed by atoms with Crippen molar-refractivity contribution in [1.29, 1.82) is 0 Å². The molecule has 0 aromatic rings. The molecule has 0 spiro atoms. The molecule has 0 aliphatic carbocycles. The molecule has 1 saturated heterocycles. The molecule has 0 unspecified atom stereocenters. The van der Waals surface area contributed by atoms with Gasteiger partial charge in [0.1, 0.15) is 6.54 Å². The van der Waals surface area contributed by atoms with Gasteiger partial charge >= 0.3 is 18.0 Å². The quantitative estimate of drug-likeness (QED) is 0.755. The highest BCUT2D eigenvalue weighted by Gasteiger charge is 2.30. The number of esters is 1. The van der Waals surface area contributed by atoms with Gasteiger partial charge in [0.25, 0.3) is 0 Å². The van der Waals surface area contributed by atoms with Gasteiger partial charge in [0.05, 0.1) is 13.0 Å². The molecule has 7 nitrogen and oxygen atoms in total. The highest BCUT2D eigenvalue weighted by atomic mass is 16.5. The molecule has 1 rings (SSSR count). The van der Waals surface area contributed by atoms with Gasteiger partial charge in [-0.3, -0.25) is 9.59 Å². The van der Waals surface area contributed by atoms with Gasteiger partial charge in [-0.1, -0.05) is 6.92 Å². The van der Waals surface area contributed by atoms with Crippen molar-refractivity contribution in [2.45, 2.75) is 26.2 Å². The van der Waals surface area contributed by atoms with Crippen LogP contribution in [0.15, 0.2) is 0 Å². The number of aliphatic carboxylic acids is 1. The molecule has 1 fully saturated rings. The highest BCUT2D eigenvalue weighted by Crippen LogP contribution is 2.19. The molecule has 0 saturated carbocycles. The summed E-state index contributed by atoms with van der Waals surface area (Å²) in [5, 5.41) is 8.83. The zero-order valence-electron chi connectivity index (χ0n) is 12.0. The summed E-state index contributed by atoms with van der Waals surface area (Å²) in [7, 11) is 1.36. The van der Waals surface area contributed by atoms with E-state index in [1.54, 1.807) is 4.90 Å². The van der Waals surface area contributed by atoms with Gasteiger partial charge in [0.2, 0.25) is 0 Å². The van der Waals surface area contributed by atoms with E-state index in [2.05, 4.69) is 0 Å². The first kappa shape index (κ1) is 16.3. The Bertz CT molecular complexity index is 364. The lowest BCUT2D eigenvalue weighted by Gasteiger charge is -2.34. The van der Waals surface area contributed by atoms with E-state index in [1.807, 2.05) is 6.92 Å². The van der Waals surface area contributed by atoms with E-state index in [-0.39, 0.29) is 24.5 Å². The normalized spacial score (nSPS) is 15.8. The minimum Gasteiger partial charge on any atom is -0.480 e. The fourth-order valence-corrected chi connectivity index (χ4v) is 2.35. The molecule has 0 aromatic heterocycles. The lowest BCUT2D eigenvalue weighted by Crippen LogP contribution is -2.49. The van der Waals surface area contributed by atoms with Crippen LogP contribution in [0.4, 0.5) is 4.79 Å². The number of amides is 2. The molecule has 1 aliphatic rings. The third-order valence-corrected chi connectivity index (χ3v) is 3.39. The summed E-state index contributed by atoms with van der Waals surface area (Å²) in [6.07, 6.45) is 1.83. The number of hydrogen-bond acceptors (Lipinski definition) is 4. The first-order chi connectivity index (χ1) is 9.49. The number of nitrogens with zero attached hydrogens (tertiary/aromatic N) is 2. The fraction of sp³-hybridized carbons (Fsp3) is 0.769. The number of rotatable bonds is 5. The topological polar surface area (TPSA) is 87.2 Å². The van der Waals surface area contributed by atoms with Crippen LogP contribution in [-0.4, -0.2) is 66.2 Å². The van der Waals surface area contributed by atoms with Gasteiger partial charge in [-0.25, -0.2) is 4.79 Å². The number of ether oxygens (including phenoxy) is 1. The van der Waals surface area contributed by atoms with Crippen molar-refractivity contribution < 1.29 is 24.2 Å². The Morgan fingerprint density at radius 3 is 2.35 bits per heavy atom. The first-order valence-electron chi connectivity index (χ1n) is 6.83. The summed E-state index contributed by atoms with van der Waals surface area (Å²) >= 11 is 0. The Hall–Kier alpha value is -1.79. The Balaban J connectivity index is 2.55. The second kappa shape index (κ2) is 7.72. The Labute approximate surface area is 118 Å². The SMILES string of the molecule is CCCN(CC(=O)O)C(=O)N1CCC(C(=O)OC)CC1. The van der Waals surface area contributed by atoms with Crippen LogP contribution in [0.25, 0.3) is 0 Å². The van der Waals surface area contributed by atoms with Gasteiger partial charge in [-0.15, -0.1) is 0 Å². The van der Waals surface area contributed by atoms with E-state index in [0.717, 1.165) is 0 Å². The number of carboxylic acids is 1. The molecule has 1 heterocycles. The molecular weight excluding hydrogens is 264 g/mol. The van der Waals surface area contributed by atoms with Crippen LogP contribution in [0.2, 0.25) is 0 Å². The fourth-order valence-electron chi connectivity index (χ4n) is 2.35. The maximum absolute atomic E-state index is 12.2. The summed E-state index contributed by atoms with van der Waals surface area (Å²) in [6.45, 7) is 2.94. The predicted molar refractivity (Wildman–Crippen MR) is 71.2 cm³/mol. The van der Waals surface area contributed by atoms with Gasteiger partial charge < -0.3 is 19.6 Å². The van der Waals surface area contributed by atoms with Crippen LogP contribution in [0, 0.1) is 5.92 Å². The van der Waals surface area contributed by atoms with Crippen molar-refractivity contribution in [2.24, 2.45) is 5.92 Å². The second-order valence-electron chi connectivity index (χ2n) is 4.88. The molecule has 0 bridgehead atoms. The van der Waals surface area contributed by atoms with Gasteiger partial charge in [0, 0.05) is 19.6 Å². The molecule has 1 aliphatic heterocycles. The van der Waals surface area contributed by atoms with E-state index in [0.29, 0.717) is 38.9 Å². The van der Waals surface area contributed by atoms with Crippen LogP contribution in [-0.2, 0) is 14.3 Å². The smallest absolute Gasteiger partial charge is 0.323 e. The summed E-state index contributed by atoms with van der Waals surface area (Å²) in [5.74, 6) is -1.42. The van der Waals surface area contributed by atoms with Crippen LogP contribution in [0.3, 0.4) is 0 Å². The number of methoxy groups -OCH3 is 1. The van der Waals surface area contributed by atoms with E-state index >= 15 is 0 Å². The van der Waals surface area contributed by atoms with Crippen molar-refractivity contribution >= 4 is 18.0 Å². The number of carboxylic acid groups (broad SMARTS) is 1. The number of piperidine rings is 1. The zero-order chi connectivity index (χ0) is 15.1. The Morgan fingerprint density at radius 1 is 1.30 bits per heavy atom. The lowest BCUT2D eigenvalue weighted by atomic mass is 9.97. The maximum atomic E-state index is 12.2. The monoisotopic (exact) mass is 286 g/mol.